The van der Waals surface area contributed by atoms with Crippen LogP contribution < -0.4 is 14.7 Å². The van der Waals surface area contributed by atoms with Crippen molar-refractivity contribution in [3.63, 3.8) is 0 Å². The Morgan fingerprint density at radius 1 is 0.774 bits per heavy atom. The van der Waals surface area contributed by atoms with Crippen LogP contribution in [-0.2, 0) is 15.8 Å². The predicted molar refractivity (Wildman–Crippen MR) is 223 cm³/mol. The van der Waals surface area contributed by atoms with E-state index in [9.17, 15) is 42.4 Å². The van der Waals surface area contributed by atoms with Crippen LogP contribution in [0.25, 0.3) is 0 Å². The number of hydrogen-bond acceptors (Lipinski definition) is 11. The predicted octanol–water partition coefficient (Wildman–Crippen LogP) is 5.43. The van der Waals surface area contributed by atoms with Gasteiger partial charge in [0.2, 0.25) is 0 Å². The number of fused-ring (bicyclic) bond motifs is 1. The highest BCUT2D eigenvalue weighted by atomic mass is 19.4. The van der Waals surface area contributed by atoms with Gasteiger partial charge >= 0.3 is 6.18 Å². The maximum absolute atomic E-state index is 13.6. The quantitative estimate of drug-likeness (QED) is 0.222. The summed E-state index contributed by atoms with van der Waals surface area (Å²) in [5.74, 6) is -0.140. The number of benzene rings is 2. The normalized spacial score (nSPS) is 22.5. The van der Waals surface area contributed by atoms with Crippen LogP contribution in [0.1, 0.15) is 93.6 Å². The van der Waals surface area contributed by atoms with Crippen LogP contribution in [0.3, 0.4) is 0 Å². The van der Waals surface area contributed by atoms with Crippen LogP contribution >= 0.6 is 0 Å². The van der Waals surface area contributed by atoms with Gasteiger partial charge in [-0.05, 0) is 98.4 Å². The first-order chi connectivity index (χ1) is 29.8. The van der Waals surface area contributed by atoms with Gasteiger partial charge in [-0.1, -0.05) is 0 Å². The Bertz CT molecular complexity index is 2320. The SMILES string of the molecule is N#Cc1ccc(N2CCC3(CCN(C(=O)c4ccc(N5CCN(CC6CCN(c7ccc8c(c7)C(=O)N(C7CCC(=O)CC7=O)C8=O)CC6)CC5)nc4)CC3)C2)cc1C(F)(F)F. The number of rotatable bonds is 7. The highest BCUT2D eigenvalue weighted by molar-refractivity contribution is 6.24. The van der Waals surface area contributed by atoms with Crippen molar-refractivity contribution >= 4 is 46.5 Å². The molecule has 9 rings (SSSR count). The summed E-state index contributed by atoms with van der Waals surface area (Å²) in [5, 5.41) is 9.18. The Balaban J connectivity index is 0.714. The van der Waals surface area contributed by atoms with Crippen molar-refractivity contribution in [2.75, 3.05) is 86.7 Å². The summed E-state index contributed by atoms with van der Waals surface area (Å²) in [6.07, 6.45) is 1.57. The molecule has 0 radical (unpaired) electrons. The number of aromatic nitrogens is 1. The van der Waals surface area contributed by atoms with Gasteiger partial charge in [0.25, 0.3) is 17.7 Å². The molecule has 1 aliphatic carbocycles. The second-order valence-electron chi connectivity index (χ2n) is 17.9. The fourth-order valence-corrected chi connectivity index (χ4v) is 10.4. The van der Waals surface area contributed by atoms with Crippen LogP contribution in [0.15, 0.2) is 54.7 Å². The third-order valence-corrected chi connectivity index (χ3v) is 14.2. The number of hydrogen-bond donors (Lipinski definition) is 0. The number of anilines is 3. The zero-order chi connectivity index (χ0) is 43.3. The lowest BCUT2D eigenvalue weighted by molar-refractivity contribution is -0.138. The highest BCUT2D eigenvalue weighted by Crippen LogP contribution is 2.44. The average molecular weight is 851 g/mol. The Labute approximate surface area is 358 Å². The van der Waals surface area contributed by atoms with E-state index in [2.05, 4.69) is 19.7 Å². The van der Waals surface area contributed by atoms with Gasteiger partial charge in [-0.25, -0.2) is 4.98 Å². The minimum Gasteiger partial charge on any atom is -0.371 e. The number of carbonyl (C=O) groups is 5. The number of Topliss-reactive ketones (excluding diaryl/α,β-unsaturated/α-hetero) is 2. The van der Waals surface area contributed by atoms with E-state index in [1.54, 1.807) is 30.5 Å². The molecular weight excluding hydrogens is 802 g/mol. The van der Waals surface area contributed by atoms with E-state index in [0.29, 0.717) is 54.5 Å². The van der Waals surface area contributed by atoms with Crippen LogP contribution in [0.4, 0.5) is 30.4 Å². The maximum atomic E-state index is 13.6. The minimum absolute atomic E-state index is 0.0649. The summed E-state index contributed by atoms with van der Waals surface area (Å²) in [6.45, 7) is 8.50. The standard InChI is InChI=1S/C46H49F3N8O5/c47-46(48,49)38-24-34(3-1-31(38)26-50)56-18-13-45(29-56)11-16-55(17-12-45)42(60)32-2-8-41(51-27-32)54-21-19-52(20-22-54)28-30-9-14-53(15-10-30)33-4-6-36-37(23-33)44(62)57(43(36)61)39-7-5-35(58)25-40(39)59/h1-4,6,8,23-24,27,30,39H,5,7,9-22,25,28-29H2. The van der Waals surface area contributed by atoms with E-state index >= 15 is 0 Å². The van der Waals surface area contributed by atoms with E-state index in [0.717, 1.165) is 100 Å². The van der Waals surface area contributed by atoms with Gasteiger partial charge in [0.05, 0.1) is 46.3 Å². The van der Waals surface area contributed by atoms with Gasteiger partial charge in [-0.2, -0.15) is 18.4 Å². The number of carbonyl (C=O) groups excluding carboxylic acids is 5. The van der Waals surface area contributed by atoms with Crippen LogP contribution in [-0.4, -0.2) is 127 Å². The van der Waals surface area contributed by atoms with Gasteiger partial charge in [0.1, 0.15) is 11.6 Å². The minimum atomic E-state index is -4.60. The van der Waals surface area contributed by atoms with Gasteiger partial charge in [-0.3, -0.25) is 33.8 Å². The largest absolute Gasteiger partial charge is 0.417 e. The summed E-state index contributed by atoms with van der Waals surface area (Å²) < 4.78 is 40.8. The highest BCUT2D eigenvalue weighted by Gasteiger charge is 2.45. The molecule has 6 aliphatic rings. The second-order valence-corrected chi connectivity index (χ2v) is 17.9. The first-order valence-corrected chi connectivity index (χ1v) is 21.7. The molecule has 16 heteroatoms. The Morgan fingerprint density at radius 3 is 2.15 bits per heavy atom. The molecule has 3 amide bonds. The van der Waals surface area contributed by atoms with Crippen molar-refractivity contribution in [2.24, 2.45) is 11.3 Å². The van der Waals surface area contributed by atoms with E-state index in [1.807, 2.05) is 28.0 Å². The van der Waals surface area contributed by atoms with E-state index < -0.39 is 29.6 Å². The molecule has 13 nitrogen and oxygen atoms in total. The zero-order valence-corrected chi connectivity index (χ0v) is 34.5. The Morgan fingerprint density at radius 2 is 1.47 bits per heavy atom. The number of halogens is 3. The molecule has 1 spiro atoms. The molecule has 2 aromatic carbocycles. The van der Waals surface area contributed by atoms with Crippen molar-refractivity contribution < 1.29 is 37.1 Å². The third kappa shape index (κ3) is 8.03. The van der Waals surface area contributed by atoms with Gasteiger partial charge in [-0.15, -0.1) is 0 Å². The first kappa shape index (κ1) is 41.5. The number of ketones is 2. The molecule has 1 aromatic heterocycles. The monoisotopic (exact) mass is 850 g/mol. The number of nitriles is 1. The number of nitrogens with zero attached hydrogens (tertiary/aromatic N) is 8. The summed E-state index contributed by atoms with van der Waals surface area (Å²) in [7, 11) is 0. The Hall–Kier alpha value is -5.82. The summed E-state index contributed by atoms with van der Waals surface area (Å²) in [5.41, 5.74) is 1.16. The van der Waals surface area contributed by atoms with E-state index in [4.69, 9.17) is 0 Å². The molecular formula is C46H49F3N8O5. The number of imide groups is 1. The van der Waals surface area contributed by atoms with Crippen molar-refractivity contribution in [1.29, 1.82) is 5.26 Å². The van der Waals surface area contributed by atoms with Crippen molar-refractivity contribution in [3.05, 3.63) is 82.5 Å². The first-order valence-electron chi connectivity index (χ1n) is 21.7. The Kier molecular flexibility index (Phi) is 11.0. The molecule has 62 heavy (non-hydrogen) atoms. The van der Waals surface area contributed by atoms with Gasteiger partial charge < -0.3 is 19.6 Å². The molecule has 324 valence electrons. The van der Waals surface area contributed by atoms with Crippen LogP contribution in [0, 0.1) is 22.7 Å². The summed E-state index contributed by atoms with van der Waals surface area (Å²) in [4.78, 5) is 80.9. The molecule has 1 saturated carbocycles. The number of piperidine rings is 2. The molecule has 6 heterocycles. The number of piperazine rings is 1. The fraction of sp³-hybridized carbons (Fsp3) is 0.500. The summed E-state index contributed by atoms with van der Waals surface area (Å²) in [6, 6.07) is 13.8. The smallest absolute Gasteiger partial charge is 0.371 e. The van der Waals surface area contributed by atoms with Crippen molar-refractivity contribution in [3.8, 4) is 6.07 Å². The molecule has 5 aliphatic heterocycles. The summed E-state index contributed by atoms with van der Waals surface area (Å²) >= 11 is 0. The number of alkyl halides is 3. The third-order valence-electron chi connectivity index (χ3n) is 14.2. The molecule has 5 fully saturated rings. The zero-order valence-electron chi connectivity index (χ0n) is 34.5. The molecule has 4 saturated heterocycles. The molecule has 1 unspecified atom stereocenters. The van der Waals surface area contributed by atoms with Gasteiger partial charge in [0.15, 0.2) is 5.78 Å². The lowest BCUT2D eigenvalue weighted by Crippen LogP contribution is -2.49. The molecule has 0 bridgehead atoms. The molecule has 1 atom stereocenters. The van der Waals surface area contributed by atoms with Crippen LogP contribution in [0.5, 0.6) is 0 Å². The fourth-order valence-electron chi connectivity index (χ4n) is 10.4. The lowest BCUT2D eigenvalue weighted by atomic mass is 9.77. The van der Waals surface area contributed by atoms with Crippen LogP contribution in [0.2, 0.25) is 0 Å². The average Bonchev–Trinajstić information content (AvgIpc) is 3.80. The molecule has 3 aromatic rings. The van der Waals surface area contributed by atoms with Crippen molar-refractivity contribution in [2.45, 2.75) is 63.6 Å². The number of likely N-dealkylation sites (tertiary alicyclic amines) is 1. The second kappa shape index (κ2) is 16.5. The number of pyridine rings is 1. The van der Waals surface area contributed by atoms with E-state index in [-0.39, 0.29) is 47.7 Å². The lowest BCUT2D eigenvalue weighted by Gasteiger charge is -2.40. The topological polar surface area (TPSA) is 141 Å². The number of amides is 3. The van der Waals surface area contributed by atoms with Crippen molar-refractivity contribution in [1.82, 2.24) is 19.7 Å². The maximum Gasteiger partial charge on any atom is 0.417 e. The molecule has 0 N–H and O–H groups in total. The van der Waals surface area contributed by atoms with E-state index in [1.165, 1.54) is 6.07 Å². The van der Waals surface area contributed by atoms with Gasteiger partial charge in [0, 0.05) is 96.0 Å².